The van der Waals surface area contributed by atoms with Gasteiger partial charge in [0.25, 0.3) is 0 Å². The molecule has 9 aromatic rings. The number of nitrogens with one attached hydrogen (secondary N) is 2. The minimum atomic E-state index is -4.78. The van der Waals surface area contributed by atoms with Crippen molar-refractivity contribution in [2.24, 2.45) is 17.8 Å². The van der Waals surface area contributed by atoms with E-state index >= 15 is 0 Å². The molecule has 3 saturated carbocycles. The molecular weight excluding hydrogens is 1340 g/mol. The summed E-state index contributed by atoms with van der Waals surface area (Å²) in [5.74, 6) is -0.569. The quantitative estimate of drug-likeness (QED) is 0.0398. The Morgan fingerprint density at radius 2 is 0.818 bits per heavy atom. The summed E-state index contributed by atoms with van der Waals surface area (Å²) in [7, 11) is 0. The van der Waals surface area contributed by atoms with Gasteiger partial charge in [-0.25, -0.2) is 34.6 Å². The zero-order valence-corrected chi connectivity index (χ0v) is 50.2. The summed E-state index contributed by atoms with van der Waals surface area (Å²) in [5.41, 5.74) is -9.79. The molecule has 3 unspecified atom stereocenters. The van der Waals surface area contributed by atoms with Crippen LogP contribution in [0.25, 0.3) is 0 Å². The maximum absolute atomic E-state index is 13.9. The van der Waals surface area contributed by atoms with Crippen molar-refractivity contribution in [3.63, 3.8) is 0 Å². The van der Waals surface area contributed by atoms with Gasteiger partial charge in [-0.15, -0.1) is 0 Å². The Hall–Kier alpha value is -7.42. The molecule has 6 aromatic heterocycles. The maximum atomic E-state index is 13.9. The molecule has 6 heterocycles. The minimum Gasteiger partial charge on any atom is -0.439 e. The second-order valence-electron chi connectivity index (χ2n) is 20.9. The Kier molecular flexibility index (Phi) is 18.5. The third kappa shape index (κ3) is 15.2. The molecule has 31 heteroatoms. The van der Waals surface area contributed by atoms with Gasteiger partial charge in [-0.2, -0.15) is 44.6 Å². The van der Waals surface area contributed by atoms with Crippen LogP contribution in [0.15, 0.2) is 150 Å². The van der Waals surface area contributed by atoms with Crippen LogP contribution >= 0.6 is 56.3 Å². The number of nitrogens with zero attached hydrogens (tertiary/aromatic N) is 10. The zero-order valence-electron chi connectivity index (χ0n) is 45.4. The summed E-state index contributed by atoms with van der Waals surface area (Å²) in [6, 6.07) is 29.3. The van der Waals surface area contributed by atoms with E-state index in [1.54, 1.807) is 78.9 Å². The Bertz CT molecular complexity index is 3980. The first-order valence-corrected chi connectivity index (χ1v) is 29.2. The lowest BCUT2D eigenvalue weighted by atomic mass is 9.87. The van der Waals surface area contributed by atoms with Gasteiger partial charge in [0, 0.05) is 43.8 Å². The lowest BCUT2D eigenvalue weighted by Gasteiger charge is -2.31. The summed E-state index contributed by atoms with van der Waals surface area (Å²) in [4.78, 5) is 22.6. The van der Waals surface area contributed by atoms with Crippen molar-refractivity contribution in [2.75, 3.05) is 0 Å². The number of pyridine rings is 3. The van der Waals surface area contributed by atoms with E-state index in [-0.39, 0.29) is 81.3 Å². The van der Waals surface area contributed by atoms with E-state index in [9.17, 15) is 54.8 Å². The second kappa shape index (κ2) is 25.6. The number of benzene rings is 3. The van der Waals surface area contributed by atoms with Gasteiger partial charge >= 0.3 is 18.5 Å². The molecular formula is C57H49Br2F9N12O6S2. The largest absolute Gasteiger partial charge is 0.439 e. The van der Waals surface area contributed by atoms with Crippen LogP contribution in [0.1, 0.15) is 72.3 Å². The fraction of sp³-hybridized carbons (Fsp3) is 0.316. The van der Waals surface area contributed by atoms with E-state index in [1.165, 1.54) is 75.8 Å². The molecule has 0 aliphatic heterocycles. The normalized spacial score (nSPS) is 16.4. The van der Waals surface area contributed by atoms with Crippen molar-refractivity contribution < 1.29 is 69.0 Å². The van der Waals surface area contributed by atoms with Gasteiger partial charge in [-0.05, 0) is 160 Å². The molecule has 0 amide bonds. The predicted octanol–water partition coefficient (Wildman–Crippen LogP) is 14.2. The van der Waals surface area contributed by atoms with E-state index in [2.05, 4.69) is 77.1 Å². The number of aromatic nitrogens is 12. The van der Waals surface area contributed by atoms with Crippen LogP contribution in [0.5, 0.6) is 34.9 Å². The lowest BCUT2D eigenvalue weighted by Crippen LogP contribution is -2.37. The fourth-order valence-electron chi connectivity index (χ4n) is 9.86. The van der Waals surface area contributed by atoms with Gasteiger partial charge < -0.3 is 29.5 Å². The molecule has 462 valence electrons. The second-order valence-corrected chi connectivity index (χ2v) is 23.4. The summed E-state index contributed by atoms with van der Waals surface area (Å²) in [6.45, 7) is -0.510. The van der Waals surface area contributed by atoms with E-state index in [1.807, 2.05) is 0 Å². The first kappa shape index (κ1) is 63.6. The van der Waals surface area contributed by atoms with E-state index in [4.69, 9.17) is 38.6 Å². The summed E-state index contributed by atoms with van der Waals surface area (Å²) < 4.78 is 147. The van der Waals surface area contributed by atoms with Crippen LogP contribution in [0.3, 0.4) is 0 Å². The first-order chi connectivity index (χ1) is 41.7. The molecule has 5 N–H and O–H groups in total. The molecule has 3 atom stereocenters. The highest BCUT2D eigenvalue weighted by Crippen LogP contribution is 2.53. The highest BCUT2D eigenvalue weighted by molar-refractivity contribution is 9.10. The molecule has 0 radical (unpaired) electrons. The summed E-state index contributed by atoms with van der Waals surface area (Å²) in [5, 5.41) is 43.4. The van der Waals surface area contributed by atoms with Crippen molar-refractivity contribution >= 4 is 56.3 Å². The minimum absolute atomic E-state index is 0.144. The standard InChI is InChI=1S/C19H16BrF3N4O2S.C19H16BrF3N4O2.C19H17F3N4O2S/c20-12-3-5-13(6-4-12)29-15-8-7-14(16(26-15)19(21,22)23)18(28,11-1-2-11)9-27-17(30)24-10-25-27;20-13-3-5-14(6-4-13)29-16-8-7-15(17(26-16)19(21,22)23)18(28,12-1-2-12)9-27-11-24-10-25-27;20-19(21,22)16-14(8-9-15(25-16)28-13-4-2-1-3-5-13)18(27,12-6-7-12)10-26-17(29)23-11-24-26/h3-8,10-11,28H,1-2,9H2,(H,24,25,30);3-8,10-12,28H,1-2,9H2;1-5,8-9,11-12,27H,6-7,10H2,(H,23,24,29). The number of ether oxygens (including phenoxy) is 3. The number of aromatic amines is 2. The Morgan fingerprint density at radius 3 is 1.11 bits per heavy atom. The fourth-order valence-corrected chi connectivity index (χ4v) is 10.7. The van der Waals surface area contributed by atoms with Gasteiger partial charge in [0.05, 0.1) is 19.6 Å². The van der Waals surface area contributed by atoms with Crippen molar-refractivity contribution in [2.45, 2.75) is 93.5 Å². The van der Waals surface area contributed by atoms with E-state index in [0.29, 0.717) is 55.8 Å². The van der Waals surface area contributed by atoms with Gasteiger partial charge in [0.2, 0.25) is 27.2 Å². The number of hydrogen-bond donors (Lipinski definition) is 5. The molecule has 3 aliphatic carbocycles. The van der Waals surface area contributed by atoms with Gasteiger partial charge in [-0.3, -0.25) is 19.6 Å². The van der Waals surface area contributed by atoms with Gasteiger partial charge in [0.1, 0.15) is 59.4 Å². The third-order valence-corrected chi connectivity index (χ3v) is 16.2. The van der Waals surface area contributed by atoms with Crippen molar-refractivity contribution in [3.8, 4) is 34.9 Å². The topological polar surface area (TPSA) is 225 Å². The molecule has 12 rings (SSSR count). The van der Waals surface area contributed by atoms with Crippen LogP contribution in [-0.4, -0.2) is 74.6 Å². The van der Waals surface area contributed by atoms with Crippen molar-refractivity contribution in [1.82, 2.24) is 59.2 Å². The third-order valence-electron chi connectivity index (χ3n) is 14.5. The lowest BCUT2D eigenvalue weighted by molar-refractivity contribution is -0.146. The average molecular weight is 1390 g/mol. The smallest absolute Gasteiger partial charge is 0.433 e. The molecule has 0 spiro atoms. The average Bonchev–Trinajstić information content (AvgIpc) is 2.32. The molecule has 18 nitrogen and oxygen atoms in total. The predicted molar refractivity (Wildman–Crippen MR) is 307 cm³/mol. The van der Waals surface area contributed by atoms with Crippen molar-refractivity contribution in [3.05, 3.63) is 193 Å². The highest BCUT2D eigenvalue weighted by atomic mass is 79.9. The van der Waals surface area contributed by atoms with E-state index in [0.717, 1.165) is 8.95 Å². The molecule has 3 aromatic carbocycles. The number of H-pyrrole nitrogens is 2. The maximum Gasteiger partial charge on any atom is 0.433 e. The molecule has 88 heavy (non-hydrogen) atoms. The zero-order chi connectivity index (χ0) is 62.8. The van der Waals surface area contributed by atoms with Gasteiger partial charge in [-0.1, -0.05) is 50.1 Å². The molecule has 0 bridgehead atoms. The Morgan fingerprint density at radius 1 is 0.477 bits per heavy atom. The number of alkyl halides is 9. The van der Waals surface area contributed by atoms with Gasteiger partial charge in [0.15, 0.2) is 17.1 Å². The van der Waals surface area contributed by atoms with Crippen LogP contribution in [0.4, 0.5) is 39.5 Å². The number of aliphatic hydroxyl groups is 3. The monoisotopic (exact) mass is 1390 g/mol. The first-order valence-electron chi connectivity index (χ1n) is 26.8. The summed E-state index contributed by atoms with van der Waals surface area (Å²) in [6.07, 6.45) is -5.36. The molecule has 0 saturated heterocycles. The Balaban J connectivity index is 0.000000146. The van der Waals surface area contributed by atoms with Crippen LogP contribution in [-0.2, 0) is 55.0 Å². The number of hydrogen-bond acceptors (Lipinski definition) is 15. The van der Waals surface area contributed by atoms with Crippen LogP contribution in [0.2, 0.25) is 0 Å². The number of halogens is 11. The SMILES string of the molecule is OC(Cn1[nH]cnc1=S)(c1ccc(Oc2ccc(Br)cc2)nc1C(F)(F)F)C1CC1.OC(Cn1[nH]cnc1=S)(c1ccc(Oc2ccccc2)nc1C(F)(F)F)C1CC1.OC(Cn1cncn1)(c1ccc(Oc2ccc(Br)cc2)nc1C(F)(F)F)C1CC1. The van der Waals surface area contributed by atoms with Crippen LogP contribution < -0.4 is 14.2 Å². The highest BCUT2D eigenvalue weighted by Gasteiger charge is 2.54. The Labute approximate surface area is 520 Å². The number of rotatable bonds is 18. The number of para-hydroxylation sites is 1. The summed E-state index contributed by atoms with van der Waals surface area (Å²) >= 11 is 16.7. The molecule has 3 fully saturated rings. The van der Waals surface area contributed by atoms with Crippen molar-refractivity contribution in [1.29, 1.82) is 0 Å². The molecule has 3 aliphatic rings. The van der Waals surface area contributed by atoms with E-state index < -0.39 is 52.4 Å². The van der Waals surface area contributed by atoms with Crippen LogP contribution in [0, 0.1) is 27.3 Å².